The molecule has 1 rings (SSSR count). The molecule has 22 heavy (non-hydrogen) atoms. The van der Waals surface area contributed by atoms with Crippen molar-refractivity contribution in [2.75, 3.05) is 27.2 Å². The monoisotopic (exact) mass is 304 g/mol. The topological polar surface area (TPSA) is 58.6 Å². The number of rotatable bonds is 6. The molecule has 0 aliphatic carbocycles. The van der Waals surface area contributed by atoms with Crippen LogP contribution >= 0.6 is 0 Å². The van der Waals surface area contributed by atoms with Gasteiger partial charge in [-0.25, -0.2) is 4.79 Å². The smallest absolute Gasteiger partial charge is 0.409 e. The molecule has 0 fully saturated rings. The Balaban J connectivity index is 2.77. The van der Waals surface area contributed by atoms with Crippen molar-refractivity contribution in [2.24, 2.45) is 0 Å². The Morgan fingerprint density at radius 1 is 1.23 bits per heavy atom. The standard InChI is InChI=1S/C16H24N4O2/c1-7-9-19(5)10-14-12(3)18-15(13(4)17-14)11-22-16(21)20(6)8-2/h1H,8-11H2,2-6H3. The highest BCUT2D eigenvalue weighted by molar-refractivity contribution is 5.67. The molecule has 0 saturated heterocycles. The van der Waals surface area contributed by atoms with Gasteiger partial charge < -0.3 is 9.64 Å². The third-order valence-corrected chi connectivity index (χ3v) is 3.34. The Bertz CT molecular complexity index is 566. The highest BCUT2D eigenvalue weighted by Gasteiger charge is 2.13. The van der Waals surface area contributed by atoms with Gasteiger partial charge in [0.15, 0.2) is 0 Å². The van der Waals surface area contributed by atoms with Crippen LogP contribution in [0, 0.1) is 26.2 Å². The van der Waals surface area contributed by atoms with Crippen LogP contribution in [0.4, 0.5) is 4.79 Å². The number of amides is 1. The normalized spacial score (nSPS) is 10.4. The molecule has 6 heteroatoms. The molecule has 0 saturated carbocycles. The lowest BCUT2D eigenvalue weighted by Crippen LogP contribution is -2.27. The molecule has 0 atom stereocenters. The number of carbonyl (C=O) groups is 1. The number of aromatic nitrogens is 2. The number of terminal acetylenes is 1. The van der Waals surface area contributed by atoms with Crippen molar-refractivity contribution in [3.8, 4) is 12.3 Å². The lowest BCUT2D eigenvalue weighted by atomic mass is 10.2. The zero-order valence-corrected chi connectivity index (χ0v) is 14.0. The van der Waals surface area contributed by atoms with Gasteiger partial charge in [0.05, 0.1) is 29.3 Å². The van der Waals surface area contributed by atoms with Gasteiger partial charge in [-0.05, 0) is 27.8 Å². The van der Waals surface area contributed by atoms with Crippen LogP contribution in [0.2, 0.25) is 0 Å². The zero-order chi connectivity index (χ0) is 16.7. The number of hydrogen-bond acceptors (Lipinski definition) is 5. The summed E-state index contributed by atoms with van der Waals surface area (Å²) in [5.74, 6) is 2.60. The van der Waals surface area contributed by atoms with Crippen LogP contribution in [0.15, 0.2) is 0 Å². The molecular formula is C16H24N4O2. The predicted octanol–water partition coefficient (Wildman–Crippen LogP) is 1.75. The third kappa shape index (κ3) is 5.01. The van der Waals surface area contributed by atoms with Crippen LogP contribution in [0.1, 0.15) is 29.7 Å². The third-order valence-electron chi connectivity index (χ3n) is 3.34. The van der Waals surface area contributed by atoms with Crippen LogP contribution in [-0.2, 0) is 17.9 Å². The van der Waals surface area contributed by atoms with Crippen molar-refractivity contribution in [3.05, 3.63) is 22.8 Å². The molecule has 1 aromatic heterocycles. The minimum absolute atomic E-state index is 0.128. The van der Waals surface area contributed by atoms with Crippen molar-refractivity contribution in [2.45, 2.75) is 33.9 Å². The van der Waals surface area contributed by atoms with Crippen molar-refractivity contribution in [1.29, 1.82) is 0 Å². The Morgan fingerprint density at radius 3 is 2.41 bits per heavy atom. The molecule has 120 valence electrons. The second-order valence-corrected chi connectivity index (χ2v) is 5.23. The molecule has 0 spiro atoms. The summed E-state index contributed by atoms with van der Waals surface area (Å²) in [7, 11) is 3.63. The molecule has 6 nitrogen and oxygen atoms in total. The second kappa shape index (κ2) is 8.35. The Hall–Kier alpha value is -2.13. The minimum Gasteiger partial charge on any atom is -0.443 e. The Morgan fingerprint density at radius 2 is 1.82 bits per heavy atom. The average molecular weight is 304 g/mol. The van der Waals surface area contributed by atoms with Gasteiger partial charge in [-0.2, -0.15) is 0 Å². The number of carbonyl (C=O) groups excluding carboxylic acids is 1. The molecule has 0 unspecified atom stereocenters. The van der Waals surface area contributed by atoms with Crippen LogP contribution in [0.25, 0.3) is 0 Å². The van der Waals surface area contributed by atoms with Gasteiger partial charge in [-0.15, -0.1) is 6.42 Å². The van der Waals surface area contributed by atoms with E-state index in [9.17, 15) is 4.79 Å². The lowest BCUT2D eigenvalue weighted by Gasteiger charge is -2.17. The van der Waals surface area contributed by atoms with E-state index in [4.69, 9.17) is 11.2 Å². The van der Waals surface area contributed by atoms with E-state index in [2.05, 4.69) is 15.9 Å². The maximum atomic E-state index is 11.7. The van der Waals surface area contributed by atoms with Crippen LogP contribution in [0.5, 0.6) is 0 Å². The molecule has 0 aliphatic heterocycles. The molecule has 0 aromatic carbocycles. The largest absolute Gasteiger partial charge is 0.443 e. The van der Waals surface area contributed by atoms with Gasteiger partial charge in [0, 0.05) is 20.1 Å². The van der Waals surface area contributed by atoms with Crippen molar-refractivity contribution in [3.63, 3.8) is 0 Å². The van der Waals surface area contributed by atoms with E-state index in [1.165, 1.54) is 4.90 Å². The van der Waals surface area contributed by atoms with Gasteiger partial charge in [-0.3, -0.25) is 14.9 Å². The van der Waals surface area contributed by atoms with E-state index in [1.807, 2.05) is 32.7 Å². The SMILES string of the molecule is C#CCN(C)Cc1nc(C)c(COC(=O)N(C)CC)nc1C. The summed E-state index contributed by atoms with van der Waals surface area (Å²) in [6.07, 6.45) is 4.94. The van der Waals surface area contributed by atoms with Crippen molar-refractivity contribution >= 4 is 6.09 Å². The lowest BCUT2D eigenvalue weighted by molar-refractivity contribution is 0.105. The first-order valence-electron chi connectivity index (χ1n) is 7.21. The van der Waals surface area contributed by atoms with Crippen LogP contribution in [0.3, 0.4) is 0 Å². The predicted molar refractivity (Wildman–Crippen MR) is 85.2 cm³/mol. The van der Waals surface area contributed by atoms with E-state index in [1.54, 1.807) is 7.05 Å². The summed E-state index contributed by atoms with van der Waals surface area (Å²) in [6, 6.07) is 0. The van der Waals surface area contributed by atoms with E-state index >= 15 is 0 Å². The van der Waals surface area contributed by atoms with Crippen molar-refractivity contribution in [1.82, 2.24) is 19.8 Å². The summed E-state index contributed by atoms with van der Waals surface area (Å²) in [5.41, 5.74) is 3.15. The molecule has 0 aliphatic rings. The molecule has 0 radical (unpaired) electrons. The van der Waals surface area contributed by atoms with E-state index in [0.717, 1.165) is 17.1 Å². The molecule has 1 aromatic rings. The average Bonchev–Trinajstić information content (AvgIpc) is 2.48. The molecule has 0 bridgehead atoms. The van der Waals surface area contributed by atoms with E-state index in [-0.39, 0.29) is 12.7 Å². The molecule has 0 N–H and O–H groups in total. The summed E-state index contributed by atoms with van der Waals surface area (Å²) < 4.78 is 5.22. The summed E-state index contributed by atoms with van der Waals surface area (Å²) in [6.45, 7) is 7.58. The zero-order valence-electron chi connectivity index (χ0n) is 14.0. The molecular weight excluding hydrogens is 280 g/mol. The van der Waals surface area contributed by atoms with Gasteiger partial charge >= 0.3 is 6.09 Å². The van der Waals surface area contributed by atoms with Gasteiger partial charge in [-0.1, -0.05) is 5.92 Å². The van der Waals surface area contributed by atoms with Gasteiger partial charge in [0.2, 0.25) is 0 Å². The summed E-state index contributed by atoms with van der Waals surface area (Å²) in [4.78, 5) is 24.2. The van der Waals surface area contributed by atoms with Crippen LogP contribution in [-0.4, -0.2) is 53.0 Å². The van der Waals surface area contributed by atoms with Gasteiger partial charge in [0.25, 0.3) is 0 Å². The first-order chi connectivity index (χ1) is 10.4. The summed E-state index contributed by atoms with van der Waals surface area (Å²) in [5, 5.41) is 0. The Labute approximate surface area is 132 Å². The van der Waals surface area contributed by atoms with E-state index in [0.29, 0.717) is 25.3 Å². The maximum Gasteiger partial charge on any atom is 0.409 e. The summed E-state index contributed by atoms with van der Waals surface area (Å²) >= 11 is 0. The number of hydrogen-bond donors (Lipinski definition) is 0. The maximum absolute atomic E-state index is 11.7. The first-order valence-corrected chi connectivity index (χ1v) is 7.21. The van der Waals surface area contributed by atoms with Crippen molar-refractivity contribution < 1.29 is 9.53 Å². The fourth-order valence-corrected chi connectivity index (χ4v) is 1.82. The quantitative estimate of drug-likeness (QED) is 0.749. The fourth-order valence-electron chi connectivity index (χ4n) is 1.82. The highest BCUT2D eigenvalue weighted by Crippen LogP contribution is 2.11. The first kappa shape index (κ1) is 17.9. The second-order valence-electron chi connectivity index (χ2n) is 5.23. The fraction of sp³-hybridized carbons (Fsp3) is 0.562. The highest BCUT2D eigenvalue weighted by atomic mass is 16.6. The molecule has 1 amide bonds. The molecule has 1 heterocycles. The number of ether oxygens (including phenoxy) is 1. The van der Waals surface area contributed by atoms with E-state index < -0.39 is 0 Å². The minimum atomic E-state index is -0.362. The van der Waals surface area contributed by atoms with Gasteiger partial charge in [0.1, 0.15) is 6.61 Å². The number of aryl methyl sites for hydroxylation is 2. The van der Waals surface area contributed by atoms with Crippen LogP contribution < -0.4 is 0 Å². The Kier molecular flexibility index (Phi) is 6.80. The number of nitrogens with zero attached hydrogens (tertiary/aromatic N) is 4.